The van der Waals surface area contributed by atoms with Crippen LogP contribution in [-0.4, -0.2) is 10.9 Å². The molecule has 0 aliphatic heterocycles. The second-order valence-corrected chi connectivity index (χ2v) is 6.83. The van der Waals surface area contributed by atoms with Crippen molar-refractivity contribution in [2.75, 3.05) is 0 Å². The Morgan fingerprint density at radius 2 is 2.27 bits per heavy atom. The summed E-state index contributed by atoms with van der Waals surface area (Å²) in [5.41, 5.74) is 1.08. The van der Waals surface area contributed by atoms with E-state index >= 15 is 0 Å². The minimum absolute atomic E-state index is 0.170. The second-order valence-electron chi connectivity index (χ2n) is 5.51. The molecular formula is C16H16F2N2OS. The predicted molar refractivity (Wildman–Crippen MR) is 80.7 cm³/mol. The Morgan fingerprint density at radius 1 is 1.45 bits per heavy atom. The zero-order chi connectivity index (χ0) is 15.7. The molecule has 1 heterocycles. The summed E-state index contributed by atoms with van der Waals surface area (Å²) in [6.07, 6.45) is 3.98. The van der Waals surface area contributed by atoms with Gasteiger partial charge in [0.15, 0.2) is 0 Å². The number of benzene rings is 1. The van der Waals surface area contributed by atoms with Crippen molar-refractivity contribution in [2.45, 2.75) is 38.6 Å². The molecule has 0 unspecified atom stereocenters. The monoisotopic (exact) mass is 322 g/mol. The van der Waals surface area contributed by atoms with E-state index in [9.17, 15) is 13.6 Å². The number of hydrogen-bond acceptors (Lipinski definition) is 3. The molecular weight excluding hydrogens is 306 g/mol. The van der Waals surface area contributed by atoms with E-state index in [0.29, 0.717) is 24.0 Å². The van der Waals surface area contributed by atoms with Crippen molar-refractivity contribution < 1.29 is 13.6 Å². The van der Waals surface area contributed by atoms with Crippen LogP contribution in [-0.2, 0) is 17.6 Å². The van der Waals surface area contributed by atoms with Gasteiger partial charge in [-0.25, -0.2) is 13.8 Å². The molecule has 22 heavy (non-hydrogen) atoms. The van der Waals surface area contributed by atoms with Gasteiger partial charge in [-0.1, -0.05) is 0 Å². The Hall–Kier alpha value is -1.82. The lowest BCUT2D eigenvalue weighted by molar-refractivity contribution is -0.121. The standard InChI is InChI=1S/C16H16F2N2OS/c1-9-8-19-16(22-9)7-15(21)20-14-4-2-3-11-12(14)5-10(17)6-13(11)18/h5-6,8,14H,2-4,7H2,1H3,(H,20,21)/t14-/m0/s1. The summed E-state index contributed by atoms with van der Waals surface area (Å²) >= 11 is 1.48. The summed E-state index contributed by atoms with van der Waals surface area (Å²) in [4.78, 5) is 17.3. The van der Waals surface area contributed by atoms with Gasteiger partial charge in [-0.3, -0.25) is 4.79 Å². The van der Waals surface area contributed by atoms with Crippen LogP contribution in [0.15, 0.2) is 18.3 Å². The fraction of sp³-hybridized carbons (Fsp3) is 0.375. The molecule has 3 nitrogen and oxygen atoms in total. The number of hydrogen-bond donors (Lipinski definition) is 1. The van der Waals surface area contributed by atoms with Gasteiger partial charge in [0.2, 0.25) is 5.91 Å². The molecule has 0 spiro atoms. The molecule has 6 heteroatoms. The van der Waals surface area contributed by atoms with Crippen LogP contribution in [0.5, 0.6) is 0 Å². The van der Waals surface area contributed by atoms with Gasteiger partial charge in [-0.05, 0) is 43.4 Å². The minimum atomic E-state index is -0.604. The van der Waals surface area contributed by atoms with Gasteiger partial charge in [0.05, 0.1) is 12.5 Å². The maximum atomic E-state index is 13.8. The van der Waals surface area contributed by atoms with E-state index in [4.69, 9.17) is 0 Å². The van der Waals surface area contributed by atoms with Crippen molar-refractivity contribution in [1.82, 2.24) is 10.3 Å². The molecule has 116 valence electrons. The summed E-state index contributed by atoms with van der Waals surface area (Å²) in [5, 5.41) is 3.63. The summed E-state index contributed by atoms with van der Waals surface area (Å²) in [6.45, 7) is 1.93. The highest BCUT2D eigenvalue weighted by atomic mass is 32.1. The first kappa shape index (κ1) is 15.1. The van der Waals surface area contributed by atoms with Crippen LogP contribution in [0.4, 0.5) is 8.78 Å². The lowest BCUT2D eigenvalue weighted by Crippen LogP contribution is -2.32. The summed E-state index contributed by atoms with van der Waals surface area (Å²) in [7, 11) is 0. The van der Waals surface area contributed by atoms with E-state index in [1.54, 1.807) is 6.20 Å². The van der Waals surface area contributed by atoms with E-state index in [-0.39, 0.29) is 18.4 Å². The highest BCUT2D eigenvalue weighted by Crippen LogP contribution is 2.32. The molecule has 0 radical (unpaired) electrons. The van der Waals surface area contributed by atoms with Crippen LogP contribution in [0.25, 0.3) is 0 Å². The largest absolute Gasteiger partial charge is 0.349 e. The lowest BCUT2D eigenvalue weighted by atomic mass is 9.87. The fourth-order valence-electron chi connectivity index (χ4n) is 2.85. The average Bonchev–Trinajstić information content (AvgIpc) is 2.85. The van der Waals surface area contributed by atoms with Gasteiger partial charge in [0.1, 0.15) is 16.6 Å². The smallest absolute Gasteiger partial charge is 0.227 e. The van der Waals surface area contributed by atoms with Crippen molar-refractivity contribution in [1.29, 1.82) is 0 Å². The SMILES string of the molecule is Cc1cnc(CC(=O)N[C@H]2CCCc3c(F)cc(F)cc32)s1. The Morgan fingerprint density at radius 3 is 3.00 bits per heavy atom. The molecule has 1 aliphatic rings. The fourth-order valence-corrected chi connectivity index (χ4v) is 3.64. The van der Waals surface area contributed by atoms with E-state index < -0.39 is 11.6 Å². The lowest BCUT2D eigenvalue weighted by Gasteiger charge is -2.26. The molecule has 0 bridgehead atoms. The first-order valence-electron chi connectivity index (χ1n) is 7.21. The van der Waals surface area contributed by atoms with Gasteiger partial charge in [-0.15, -0.1) is 11.3 Å². The Bertz CT molecular complexity index is 714. The van der Waals surface area contributed by atoms with Gasteiger partial charge in [-0.2, -0.15) is 0 Å². The maximum absolute atomic E-state index is 13.8. The molecule has 1 aromatic heterocycles. The van der Waals surface area contributed by atoms with Crippen molar-refractivity contribution in [2.24, 2.45) is 0 Å². The van der Waals surface area contributed by atoms with Crippen LogP contribution in [0.2, 0.25) is 0 Å². The van der Waals surface area contributed by atoms with Crippen LogP contribution in [0, 0.1) is 18.6 Å². The molecule has 0 saturated heterocycles. The number of thiazole rings is 1. The number of rotatable bonds is 3. The summed E-state index contributed by atoms with van der Waals surface area (Å²) in [5.74, 6) is -1.30. The van der Waals surface area contributed by atoms with Gasteiger partial charge in [0.25, 0.3) is 0 Å². The first-order valence-corrected chi connectivity index (χ1v) is 8.03. The Labute approximate surface area is 131 Å². The Kier molecular flexibility index (Phi) is 4.20. The van der Waals surface area contributed by atoms with Crippen LogP contribution in [0.3, 0.4) is 0 Å². The normalized spacial score (nSPS) is 17.1. The molecule has 1 amide bonds. The number of nitrogens with one attached hydrogen (secondary N) is 1. The number of fused-ring (bicyclic) bond motifs is 1. The minimum Gasteiger partial charge on any atom is -0.349 e. The maximum Gasteiger partial charge on any atom is 0.227 e. The number of carbonyl (C=O) groups is 1. The number of aromatic nitrogens is 1. The third-order valence-electron chi connectivity index (χ3n) is 3.81. The van der Waals surface area contributed by atoms with Crippen LogP contribution < -0.4 is 5.32 Å². The predicted octanol–water partition coefficient (Wildman–Crippen LogP) is 3.47. The molecule has 3 rings (SSSR count). The van der Waals surface area contributed by atoms with Crippen molar-refractivity contribution in [3.05, 3.63) is 51.0 Å². The molecule has 0 fully saturated rings. The van der Waals surface area contributed by atoms with E-state index in [1.807, 2.05) is 6.92 Å². The molecule has 2 aromatic rings. The van der Waals surface area contributed by atoms with Crippen molar-refractivity contribution in [3.63, 3.8) is 0 Å². The van der Waals surface area contributed by atoms with Crippen LogP contribution in [0.1, 0.15) is 39.9 Å². The van der Waals surface area contributed by atoms with E-state index in [2.05, 4.69) is 10.3 Å². The molecule has 0 saturated carbocycles. The van der Waals surface area contributed by atoms with E-state index in [0.717, 1.165) is 22.4 Å². The number of halogens is 2. The highest BCUT2D eigenvalue weighted by molar-refractivity contribution is 7.11. The summed E-state index contributed by atoms with van der Waals surface area (Å²) < 4.78 is 27.3. The van der Waals surface area contributed by atoms with Gasteiger partial charge >= 0.3 is 0 Å². The van der Waals surface area contributed by atoms with Crippen molar-refractivity contribution in [3.8, 4) is 0 Å². The topological polar surface area (TPSA) is 42.0 Å². The van der Waals surface area contributed by atoms with Gasteiger partial charge < -0.3 is 5.32 Å². The third-order valence-corrected chi connectivity index (χ3v) is 4.72. The quantitative estimate of drug-likeness (QED) is 0.940. The van der Waals surface area contributed by atoms with E-state index in [1.165, 1.54) is 17.4 Å². The highest BCUT2D eigenvalue weighted by Gasteiger charge is 2.25. The zero-order valence-corrected chi connectivity index (χ0v) is 13.0. The third kappa shape index (κ3) is 3.16. The molecule has 1 atom stereocenters. The number of amides is 1. The van der Waals surface area contributed by atoms with Crippen LogP contribution >= 0.6 is 11.3 Å². The average molecular weight is 322 g/mol. The summed E-state index contributed by atoms with van der Waals surface area (Å²) in [6, 6.07) is 1.90. The number of nitrogens with zero attached hydrogens (tertiary/aromatic N) is 1. The molecule has 1 aromatic carbocycles. The molecule has 1 N–H and O–H groups in total. The molecule has 1 aliphatic carbocycles. The van der Waals surface area contributed by atoms with Gasteiger partial charge in [0, 0.05) is 17.1 Å². The first-order chi connectivity index (χ1) is 10.5. The number of aryl methyl sites for hydroxylation is 1. The zero-order valence-electron chi connectivity index (χ0n) is 12.2. The van der Waals surface area contributed by atoms with Crippen molar-refractivity contribution >= 4 is 17.2 Å². The Balaban J connectivity index is 1.75. The number of carbonyl (C=O) groups excluding carboxylic acids is 1. The second kappa shape index (κ2) is 6.12.